The van der Waals surface area contributed by atoms with Crippen LogP contribution in [0.4, 0.5) is 4.39 Å². The summed E-state index contributed by atoms with van der Waals surface area (Å²) in [5.74, 6) is -0.274. The molecule has 0 unspecified atom stereocenters. The maximum absolute atomic E-state index is 13.3. The second-order valence-electron chi connectivity index (χ2n) is 5.86. The maximum Gasteiger partial charge on any atom is 0.123 e. The van der Waals surface area contributed by atoms with Gasteiger partial charge in [-0.25, -0.2) is 4.39 Å². The highest BCUT2D eigenvalue weighted by molar-refractivity contribution is 5.85. The Hall–Kier alpha value is -1.88. The van der Waals surface area contributed by atoms with Crippen LogP contribution in [0.5, 0.6) is 0 Å². The number of aliphatic hydroxyl groups is 1. The first-order valence-corrected chi connectivity index (χ1v) is 7.76. The third kappa shape index (κ3) is 3.46. The molecule has 3 aromatic rings. The number of hydrogen-bond acceptors (Lipinski definition) is 2. The van der Waals surface area contributed by atoms with Gasteiger partial charge in [-0.05, 0) is 43.3 Å². The fourth-order valence-corrected chi connectivity index (χ4v) is 3.16. The second-order valence-corrected chi connectivity index (χ2v) is 5.86. The van der Waals surface area contributed by atoms with Crippen molar-refractivity contribution in [3.63, 3.8) is 0 Å². The van der Waals surface area contributed by atoms with E-state index >= 15 is 0 Å². The van der Waals surface area contributed by atoms with E-state index in [-0.39, 0.29) is 24.3 Å². The van der Waals surface area contributed by atoms with Crippen molar-refractivity contribution in [3.8, 4) is 0 Å². The zero-order valence-electron chi connectivity index (χ0n) is 13.7. The Morgan fingerprint density at radius 3 is 2.46 bits per heavy atom. The van der Waals surface area contributed by atoms with E-state index in [0.29, 0.717) is 6.54 Å². The lowest BCUT2D eigenvalue weighted by atomic mass is 10.0. The molecule has 128 valence electrons. The lowest BCUT2D eigenvalue weighted by Crippen LogP contribution is -2.33. The van der Waals surface area contributed by atoms with Crippen LogP contribution >= 0.6 is 12.4 Å². The molecule has 0 fully saturated rings. The van der Waals surface area contributed by atoms with E-state index < -0.39 is 6.10 Å². The number of aromatic nitrogens is 1. The molecule has 0 saturated heterocycles. The molecular weight excluding hydrogens is 327 g/mol. The molecule has 1 heterocycles. The molecule has 2 aromatic carbocycles. The van der Waals surface area contributed by atoms with Gasteiger partial charge in [0.1, 0.15) is 5.82 Å². The Bertz CT molecular complexity index is 801. The minimum atomic E-state index is -0.624. The maximum atomic E-state index is 13.3. The lowest BCUT2D eigenvalue weighted by Gasteiger charge is -2.26. The molecule has 0 bridgehead atoms. The van der Waals surface area contributed by atoms with Crippen molar-refractivity contribution in [2.24, 2.45) is 0 Å². The van der Waals surface area contributed by atoms with Gasteiger partial charge in [-0.1, -0.05) is 30.3 Å². The number of likely N-dealkylation sites (N-methyl/N-ethyl adjacent to an activating group) is 1. The molecule has 0 saturated carbocycles. The number of nitrogens with zero attached hydrogens (tertiary/aromatic N) is 1. The van der Waals surface area contributed by atoms with Crippen LogP contribution in [0.3, 0.4) is 0 Å². The average Bonchev–Trinajstić information content (AvgIpc) is 2.87. The first-order valence-electron chi connectivity index (χ1n) is 7.76. The van der Waals surface area contributed by atoms with Crippen LogP contribution in [0.2, 0.25) is 0 Å². The number of rotatable bonds is 5. The number of nitrogens with one attached hydrogen (secondary N) is 1. The van der Waals surface area contributed by atoms with E-state index in [1.165, 1.54) is 12.1 Å². The molecule has 0 aliphatic rings. The molecule has 1 aromatic heterocycles. The lowest BCUT2D eigenvalue weighted by molar-refractivity contribution is 0.132. The van der Waals surface area contributed by atoms with Gasteiger partial charge in [-0.15, -0.1) is 12.4 Å². The van der Waals surface area contributed by atoms with Gasteiger partial charge in [0.05, 0.1) is 12.1 Å². The molecule has 2 atom stereocenters. The number of aliphatic hydroxyl groups excluding tert-OH is 1. The third-order valence-electron chi connectivity index (χ3n) is 4.23. The van der Waals surface area contributed by atoms with Crippen molar-refractivity contribution in [2.45, 2.75) is 19.1 Å². The second kappa shape index (κ2) is 7.79. The fourth-order valence-electron chi connectivity index (χ4n) is 3.16. The number of fused-ring (bicyclic) bond motifs is 1. The Kier molecular flexibility index (Phi) is 5.99. The zero-order valence-corrected chi connectivity index (χ0v) is 14.6. The summed E-state index contributed by atoms with van der Waals surface area (Å²) in [6.07, 6.45) is 1.43. The van der Waals surface area contributed by atoms with Crippen molar-refractivity contribution in [1.82, 2.24) is 9.88 Å². The third-order valence-corrected chi connectivity index (χ3v) is 4.23. The highest BCUT2D eigenvalue weighted by Crippen LogP contribution is 2.30. The standard InChI is InChI=1S/C19H21FN2O.ClH/c1-13-12-22(17-6-4-3-5-16(13)17)19(18(23)11-21-2)14-7-9-15(20)10-8-14;/h3-10,12,18-19,21,23H,11H2,1-2H3;1H/t18-,19+;/m1./s1. The highest BCUT2D eigenvalue weighted by Gasteiger charge is 2.24. The number of benzene rings is 2. The van der Waals surface area contributed by atoms with Crippen molar-refractivity contribution < 1.29 is 9.50 Å². The topological polar surface area (TPSA) is 37.2 Å². The SMILES string of the molecule is CNC[C@@H](O)[C@H](c1ccc(F)cc1)n1cc(C)c2ccccc21.Cl. The van der Waals surface area contributed by atoms with E-state index in [2.05, 4.69) is 29.1 Å². The molecule has 3 nitrogen and oxygen atoms in total. The fraction of sp³-hybridized carbons (Fsp3) is 0.263. The average molecular weight is 349 g/mol. The molecule has 0 aliphatic heterocycles. The van der Waals surface area contributed by atoms with Crippen LogP contribution < -0.4 is 5.32 Å². The van der Waals surface area contributed by atoms with Crippen molar-refractivity contribution in [1.29, 1.82) is 0 Å². The van der Waals surface area contributed by atoms with Gasteiger partial charge >= 0.3 is 0 Å². The van der Waals surface area contributed by atoms with Crippen molar-refractivity contribution >= 4 is 23.3 Å². The summed E-state index contributed by atoms with van der Waals surface area (Å²) in [7, 11) is 1.81. The first-order chi connectivity index (χ1) is 11.1. The summed E-state index contributed by atoms with van der Waals surface area (Å²) in [5, 5.41) is 14.9. The van der Waals surface area contributed by atoms with Gasteiger partial charge in [0.2, 0.25) is 0 Å². The van der Waals surface area contributed by atoms with Gasteiger partial charge in [0, 0.05) is 23.6 Å². The highest BCUT2D eigenvalue weighted by atomic mass is 35.5. The van der Waals surface area contributed by atoms with Crippen molar-refractivity contribution in [2.75, 3.05) is 13.6 Å². The largest absolute Gasteiger partial charge is 0.389 e. The van der Waals surface area contributed by atoms with Crippen molar-refractivity contribution in [3.05, 3.63) is 71.7 Å². The summed E-state index contributed by atoms with van der Waals surface area (Å²) < 4.78 is 15.4. The van der Waals surface area contributed by atoms with E-state index in [4.69, 9.17) is 0 Å². The van der Waals surface area contributed by atoms with Crippen LogP contribution in [0, 0.1) is 12.7 Å². The molecule has 0 amide bonds. The Labute approximate surface area is 147 Å². The van der Waals surface area contributed by atoms with Crippen LogP contribution in [-0.4, -0.2) is 29.4 Å². The number of aryl methyl sites for hydroxylation is 1. The van der Waals surface area contributed by atoms with Gasteiger partial charge in [-0.2, -0.15) is 0 Å². The molecule has 0 aliphatic carbocycles. The van der Waals surface area contributed by atoms with Crippen LogP contribution in [0.25, 0.3) is 10.9 Å². The van der Waals surface area contributed by atoms with Crippen LogP contribution in [0.15, 0.2) is 54.7 Å². The quantitative estimate of drug-likeness (QED) is 0.738. The van der Waals surface area contributed by atoms with Gasteiger partial charge in [0.15, 0.2) is 0 Å². The molecular formula is C19H22ClFN2O. The monoisotopic (exact) mass is 348 g/mol. The Morgan fingerprint density at radius 2 is 1.79 bits per heavy atom. The van der Waals surface area contributed by atoms with Gasteiger partial charge in [0.25, 0.3) is 0 Å². The normalized spacial score (nSPS) is 13.5. The smallest absolute Gasteiger partial charge is 0.123 e. The predicted molar refractivity (Wildman–Crippen MR) is 98.4 cm³/mol. The van der Waals surface area contributed by atoms with Crippen LogP contribution in [-0.2, 0) is 0 Å². The molecule has 0 radical (unpaired) electrons. The van der Waals surface area contributed by atoms with Gasteiger partial charge in [-0.3, -0.25) is 0 Å². The van der Waals surface area contributed by atoms with E-state index in [1.807, 2.05) is 25.2 Å². The first kappa shape index (κ1) is 18.5. The summed E-state index contributed by atoms with van der Waals surface area (Å²) in [6, 6.07) is 14.2. The molecule has 3 rings (SSSR count). The Balaban J connectivity index is 0.00000208. The van der Waals surface area contributed by atoms with Crippen LogP contribution in [0.1, 0.15) is 17.2 Å². The summed E-state index contributed by atoms with van der Waals surface area (Å²) in [5.41, 5.74) is 3.11. The van der Waals surface area contributed by atoms with E-state index in [9.17, 15) is 9.50 Å². The molecule has 0 spiro atoms. The predicted octanol–water partition coefficient (Wildman–Crippen LogP) is 3.68. The van der Waals surface area contributed by atoms with E-state index in [0.717, 1.165) is 22.0 Å². The summed E-state index contributed by atoms with van der Waals surface area (Å²) in [6.45, 7) is 2.51. The van der Waals surface area contributed by atoms with Gasteiger partial charge < -0.3 is 15.0 Å². The number of halogens is 2. The van der Waals surface area contributed by atoms with E-state index in [1.54, 1.807) is 12.1 Å². The Morgan fingerprint density at radius 1 is 1.12 bits per heavy atom. The summed E-state index contributed by atoms with van der Waals surface area (Å²) >= 11 is 0. The zero-order chi connectivity index (χ0) is 16.4. The molecule has 24 heavy (non-hydrogen) atoms. The minimum Gasteiger partial charge on any atom is -0.389 e. The molecule has 5 heteroatoms. The number of para-hydroxylation sites is 1. The molecule has 2 N–H and O–H groups in total. The minimum absolute atomic E-state index is 0. The summed E-state index contributed by atoms with van der Waals surface area (Å²) in [4.78, 5) is 0. The number of hydrogen-bond donors (Lipinski definition) is 2.